The maximum Gasteiger partial charge on any atom is 0.338 e. The van der Waals surface area contributed by atoms with E-state index in [0.717, 1.165) is 50.2 Å². The van der Waals surface area contributed by atoms with Gasteiger partial charge in [-0.05, 0) is 159 Å². The second-order valence-electron chi connectivity index (χ2n) is 22.8. The highest BCUT2D eigenvalue weighted by atomic mass is 35.5. The zero-order valence-electron chi connectivity index (χ0n) is 50.1. The Morgan fingerprint density at radius 3 is 1.22 bits per heavy atom. The van der Waals surface area contributed by atoms with E-state index in [1.807, 2.05) is 141 Å². The van der Waals surface area contributed by atoms with E-state index in [1.54, 1.807) is 90.8 Å². The first-order valence-electron chi connectivity index (χ1n) is 27.3. The number of nitrogens with zero attached hydrogens (tertiary/aromatic N) is 4. The van der Waals surface area contributed by atoms with Crippen molar-refractivity contribution in [2.24, 2.45) is 5.73 Å². The average molecular weight is 1270 g/mol. The molecule has 15 nitrogen and oxygen atoms in total. The molecular weight excluding hydrogens is 1200 g/mol. The van der Waals surface area contributed by atoms with Crippen molar-refractivity contribution >= 4 is 82.6 Å². The highest BCUT2D eigenvalue weighted by Gasteiger charge is 2.21. The van der Waals surface area contributed by atoms with Crippen LogP contribution in [0.15, 0.2) is 146 Å². The average Bonchev–Trinajstić information content (AvgIpc) is 2.10. The minimum absolute atomic E-state index is 0. The van der Waals surface area contributed by atoms with Crippen LogP contribution >= 0.6 is 58.8 Å². The lowest BCUT2D eigenvalue weighted by Crippen LogP contribution is -2.29. The lowest BCUT2D eigenvalue weighted by molar-refractivity contribution is -0.155. The minimum atomic E-state index is -0.555. The molecule has 456 valence electrons. The molecule has 0 aliphatic heterocycles. The Morgan fingerprint density at radius 1 is 0.500 bits per heavy atom. The van der Waals surface area contributed by atoms with Gasteiger partial charge in [0.2, 0.25) is 11.8 Å². The number of aromatic nitrogens is 4. The third-order valence-corrected chi connectivity index (χ3v) is 12.5. The number of rotatable bonds is 17. The summed E-state index contributed by atoms with van der Waals surface area (Å²) in [5.41, 5.74) is 13.7. The first kappa shape index (κ1) is 69.4. The summed E-state index contributed by atoms with van der Waals surface area (Å²) in [4.78, 5) is 47.4. The van der Waals surface area contributed by atoms with E-state index in [-0.39, 0.29) is 68.0 Å². The summed E-state index contributed by atoms with van der Waals surface area (Å²) in [6, 6.07) is 41.0. The van der Waals surface area contributed by atoms with E-state index < -0.39 is 11.2 Å². The molecule has 86 heavy (non-hydrogen) atoms. The molecule has 8 aromatic rings. The summed E-state index contributed by atoms with van der Waals surface area (Å²) in [7, 11) is 0. The van der Waals surface area contributed by atoms with Gasteiger partial charge in [0.15, 0.2) is 0 Å². The van der Waals surface area contributed by atoms with Crippen molar-refractivity contribution in [1.29, 1.82) is 0 Å². The van der Waals surface area contributed by atoms with Crippen LogP contribution in [-0.2, 0) is 37.0 Å². The first-order chi connectivity index (χ1) is 40.0. The number of esters is 3. The summed E-state index contributed by atoms with van der Waals surface area (Å²) < 4.78 is 31.3. The Bertz CT molecular complexity index is 3510. The highest BCUT2D eigenvalue weighted by Crippen LogP contribution is 2.34. The standard InChI is InChI=1S/C31H31Cl2N3O4.C28H26Cl2N2O3.C7H15NO2.ClH/c1-20-5-9-22(10-6-20)27-18-36(26-16-24(32)15-25(33)17-26)35-30(27)39-19-21-7-11-23(12-8-21)29(38)34-14-13-28(37)40-31(2,3)4;1-18-5-9-20(10-6-18)25-16-32(24-14-22(29)13-23(30)15-24)31-26(25)34-17-19-7-11-21(12-8-19)27(33)35-28(2,3)4;1-7(2,3)10-6(9)4-5-8;/h5-12,15-18H,13-14,19H2,1-4H3,(H,34,38);5-16H,17H2,1-4H3;4-5,8H2,1-3H3;1H. The zero-order chi connectivity index (χ0) is 62.2. The van der Waals surface area contributed by atoms with E-state index in [9.17, 15) is 19.2 Å². The van der Waals surface area contributed by atoms with E-state index in [2.05, 4.69) is 15.5 Å². The molecule has 0 atom stereocenters. The molecule has 3 N–H and O–H groups in total. The molecule has 0 unspecified atom stereocenters. The second-order valence-corrected chi connectivity index (χ2v) is 24.5. The summed E-state index contributed by atoms with van der Waals surface area (Å²) >= 11 is 24.8. The van der Waals surface area contributed by atoms with Gasteiger partial charge in [-0.15, -0.1) is 22.6 Å². The number of carbonyl (C=O) groups is 4. The number of benzene rings is 6. The molecule has 0 aliphatic carbocycles. The molecule has 2 heterocycles. The molecule has 20 heteroatoms. The van der Waals surface area contributed by atoms with Crippen LogP contribution in [0.4, 0.5) is 0 Å². The summed E-state index contributed by atoms with van der Waals surface area (Å²) in [6.07, 6.45) is 4.18. The molecule has 0 fully saturated rings. The number of amides is 1. The molecule has 0 spiro atoms. The fourth-order valence-corrected chi connectivity index (χ4v) is 8.84. The molecular formula is C66H73Cl5N6O9. The van der Waals surface area contributed by atoms with Crippen molar-refractivity contribution in [3.8, 4) is 45.4 Å². The van der Waals surface area contributed by atoms with E-state index >= 15 is 0 Å². The lowest BCUT2D eigenvalue weighted by Gasteiger charge is -2.19. The van der Waals surface area contributed by atoms with Crippen LogP contribution in [0.1, 0.15) is 118 Å². The Hall–Kier alpha value is -7.37. The number of aryl methyl sites for hydroxylation is 2. The van der Waals surface area contributed by atoms with E-state index in [1.165, 1.54) is 0 Å². The Kier molecular flexibility index (Phi) is 25.3. The number of nitrogens with one attached hydrogen (secondary N) is 1. The highest BCUT2D eigenvalue weighted by molar-refractivity contribution is 6.35. The number of hydrogen-bond donors (Lipinski definition) is 2. The molecule has 0 aliphatic rings. The van der Waals surface area contributed by atoms with Gasteiger partial charge in [-0.2, -0.15) is 0 Å². The van der Waals surface area contributed by atoms with Crippen LogP contribution in [0.5, 0.6) is 11.8 Å². The van der Waals surface area contributed by atoms with Crippen molar-refractivity contribution in [3.05, 3.63) is 199 Å². The van der Waals surface area contributed by atoms with Crippen LogP contribution in [0.2, 0.25) is 20.1 Å². The van der Waals surface area contributed by atoms with Crippen LogP contribution in [-0.4, -0.2) is 73.3 Å². The van der Waals surface area contributed by atoms with Crippen LogP contribution in [0.25, 0.3) is 33.6 Å². The summed E-state index contributed by atoms with van der Waals surface area (Å²) in [5.74, 6) is -0.284. The van der Waals surface area contributed by atoms with Gasteiger partial charge in [0.1, 0.15) is 30.0 Å². The van der Waals surface area contributed by atoms with E-state index in [0.29, 0.717) is 61.6 Å². The molecule has 6 aromatic carbocycles. The van der Waals surface area contributed by atoms with Crippen molar-refractivity contribution in [3.63, 3.8) is 0 Å². The predicted octanol–water partition coefficient (Wildman–Crippen LogP) is 16.0. The van der Waals surface area contributed by atoms with Crippen LogP contribution in [0, 0.1) is 13.8 Å². The quantitative estimate of drug-likeness (QED) is 0.0649. The summed E-state index contributed by atoms with van der Waals surface area (Å²) in [6.45, 7) is 21.6. The molecule has 0 bridgehead atoms. The van der Waals surface area contributed by atoms with Crippen LogP contribution in [0.3, 0.4) is 0 Å². The van der Waals surface area contributed by atoms with Crippen molar-refractivity contribution < 1.29 is 42.9 Å². The van der Waals surface area contributed by atoms with Crippen molar-refractivity contribution in [2.75, 3.05) is 13.1 Å². The Balaban J connectivity index is 0.000000270. The summed E-state index contributed by atoms with van der Waals surface area (Å²) in [5, 5.41) is 14.1. The monoisotopic (exact) mass is 1270 g/mol. The smallest absolute Gasteiger partial charge is 0.338 e. The number of halogens is 5. The number of carbonyl (C=O) groups excluding carboxylic acids is 4. The lowest BCUT2D eigenvalue weighted by atomic mass is 10.1. The van der Waals surface area contributed by atoms with Gasteiger partial charge in [0.25, 0.3) is 5.91 Å². The van der Waals surface area contributed by atoms with Gasteiger partial charge >= 0.3 is 17.9 Å². The topological polar surface area (TPSA) is 188 Å². The third kappa shape index (κ3) is 22.8. The number of nitrogens with two attached hydrogens (primary N) is 1. The normalized spacial score (nSPS) is 11.2. The first-order valence-corrected chi connectivity index (χ1v) is 28.9. The Labute approximate surface area is 529 Å². The van der Waals surface area contributed by atoms with Gasteiger partial charge in [0.05, 0.1) is 40.9 Å². The molecule has 0 saturated heterocycles. The van der Waals surface area contributed by atoms with Gasteiger partial charge in [0, 0.05) is 51.1 Å². The van der Waals surface area contributed by atoms with Crippen LogP contribution < -0.4 is 20.5 Å². The SMILES string of the molecule is CC(C)(C)OC(=O)CCN.Cc1ccc(-c2cn(-c3cc(Cl)cc(Cl)c3)nc2OCc2ccc(C(=O)NCCC(=O)OC(C)(C)C)cc2)cc1.Cc1ccc(-c2cn(-c3cc(Cl)cc(Cl)c3)nc2OCc2ccc(C(=O)OC(C)(C)C)cc2)cc1.Cl. The van der Waals surface area contributed by atoms with Gasteiger partial charge < -0.3 is 34.7 Å². The fourth-order valence-electron chi connectivity index (χ4n) is 7.81. The number of ether oxygens (including phenoxy) is 5. The molecule has 0 saturated carbocycles. The fraction of sp³-hybridized carbons (Fsp3) is 0.303. The molecule has 8 rings (SSSR count). The Morgan fingerprint density at radius 2 is 0.860 bits per heavy atom. The van der Waals surface area contributed by atoms with Gasteiger partial charge in [-0.1, -0.05) is 130 Å². The predicted molar refractivity (Wildman–Crippen MR) is 344 cm³/mol. The third-order valence-electron chi connectivity index (χ3n) is 11.7. The van der Waals surface area contributed by atoms with Gasteiger partial charge in [-0.25, -0.2) is 14.2 Å². The second kappa shape index (κ2) is 31.3. The van der Waals surface area contributed by atoms with Crippen molar-refractivity contribution in [1.82, 2.24) is 24.9 Å². The largest absolute Gasteiger partial charge is 0.471 e. The number of hydrogen-bond acceptors (Lipinski definition) is 12. The maximum atomic E-state index is 12.5. The molecule has 0 radical (unpaired) electrons. The van der Waals surface area contributed by atoms with Gasteiger partial charge in [-0.3, -0.25) is 14.4 Å². The van der Waals surface area contributed by atoms with E-state index in [4.69, 9.17) is 75.8 Å². The molecule has 2 aromatic heterocycles. The van der Waals surface area contributed by atoms with Crippen molar-refractivity contribution in [2.45, 2.75) is 119 Å². The molecule has 1 amide bonds. The maximum absolute atomic E-state index is 12.5. The minimum Gasteiger partial charge on any atom is -0.471 e. The zero-order valence-corrected chi connectivity index (χ0v) is 53.9.